The highest BCUT2D eigenvalue weighted by Crippen LogP contribution is 2.20. The summed E-state index contributed by atoms with van der Waals surface area (Å²) in [6, 6.07) is 22.1. The molecule has 0 aliphatic carbocycles. The molecule has 3 nitrogen and oxygen atoms in total. The smallest absolute Gasteiger partial charge is 0.255 e. The van der Waals surface area contributed by atoms with Crippen molar-refractivity contribution in [1.82, 2.24) is 4.90 Å². The van der Waals surface area contributed by atoms with Crippen LogP contribution in [-0.2, 0) is 6.54 Å². The lowest BCUT2D eigenvalue weighted by molar-refractivity contribution is 0.102. The second kappa shape index (κ2) is 7.08. The first kappa shape index (κ1) is 15.9. The Labute approximate surface area is 148 Å². The molecule has 4 rings (SSSR count). The third-order valence-electron chi connectivity index (χ3n) is 4.83. The molecule has 0 aromatic heterocycles. The normalized spacial score (nSPS) is 14.7. The Morgan fingerprint density at radius 2 is 1.60 bits per heavy atom. The molecule has 1 aliphatic heterocycles. The van der Waals surface area contributed by atoms with Gasteiger partial charge in [-0.15, -0.1) is 0 Å². The van der Waals surface area contributed by atoms with Crippen LogP contribution < -0.4 is 5.32 Å². The van der Waals surface area contributed by atoms with Crippen molar-refractivity contribution in [2.24, 2.45) is 0 Å². The van der Waals surface area contributed by atoms with Gasteiger partial charge in [-0.25, -0.2) is 0 Å². The summed E-state index contributed by atoms with van der Waals surface area (Å²) in [5.41, 5.74) is 2.78. The monoisotopic (exact) mass is 330 g/mol. The molecule has 0 atom stereocenters. The first-order valence-corrected chi connectivity index (χ1v) is 8.89. The van der Waals surface area contributed by atoms with Crippen molar-refractivity contribution in [2.75, 3.05) is 18.4 Å². The standard InChI is InChI=1S/C22H22N2O/c25-22(23-21-12-11-18-5-1-2-6-20(18)15-21)19-9-7-17(8-10-19)16-24-13-3-4-14-24/h1-2,5-12,15H,3-4,13-14,16H2,(H,23,25). The van der Waals surface area contributed by atoms with Crippen molar-refractivity contribution in [2.45, 2.75) is 19.4 Å². The van der Waals surface area contributed by atoms with E-state index in [1.54, 1.807) is 0 Å². The van der Waals surface area contributed by atoms with Gasteiger partial charge in [0.15, 0.2) is 0 Å². The first-order valence-electron chi connectivity index (χ1n) is 8.89. The van der Waals surface area contributed by atoms with Crippen molar-refractivity contribution in [1.29, 1.82) is 0 Å². The number of nitrogens with one attached hydrogen (secondary N) is 1. The average Bonchev–Trinajstić information content (AvgIpc) is 3.15. The summed E-state index contributed by atoms with van der Waals surface area (Å²) in [7, 11) is 0. The van der Waals surface area contributed by atoms with Gasteiger partial charge in [0.05, 0.1) is 0 Å². The van der Waals surface area contributed by atoms with Crippen molar-refractivity contribution >= 4 is 22.4 Å². The molecule has 3 heteroatoms. The predicted molar refractivity (Wildman–Crippen MR) is 103 cm³/mol. The van der Waals surface area contributed by atoms with E-state index < -0.39 is 0 Å². The highest BCUT2D eigenvalue weighted by Gasteiger charge is 2.12. The molecule has 1 amide bonds. The molecular formula is C22H22N2O. The largest absolute Gasteiger partial charge is 0.322 e. The fourth-order valence-corrected chi connectivity index (χ4v) is 3.43. The van der Waals surface area contributed by atoms with Crippen molar-refractivity contribution in [3.63, 3.8) is 0 Å². The lowest BCUT2D eigenvalue weighted by Gasteiger charge is -2.14. The Morgan fingerprint density at radius 3 is 2.36 bits per heavy atom. The van der Waals surface area contributed by atoms with E-state index in [4.69, 9.17) is 0 Å². The molecule has 0 radical (unpaired) electrons. The zero-order chi connectivity index (χ0) is 17.1. The van der Waals surface area contributed by atoms with E-state index in [1.807, 2.05) is 42.5 Å². The summed E-state index contributed by atoms with van der Waals surface area (Å²) in [4.78, 5) is 14.9. The highest BCUT2D eigenvalue weighted by atomic mass is 16.1. The molecular weight excluding hydrogens is 308 g/mol. The number of benzene rings is 3. The van der Waals surface area contributed by atoms with E-state index in [1.165, 1.54) is 36.9 Å². The van der Waals surface area contributed by atoms with Crippen LogP contribution in [0.15, 0.2) is 66.7 Å². The maximum absolute atomic E-state index is 12.5. The van der Waals surface area contributed by atoms with Gasteiger partial charge in [-0.2, -0.15) is 0 Å². The lowest BCUT2D eigenvalue weighted by Crippen LogP contribution is -2.18. The van der Waals surface area contributed by atoms with Crippen molar-refractivity contribution in [3.05, 3.63) is 77.9 Å². The van der Waals surface area contributed by atoms with E-state index in [9.17, 15) is 4.79 Å². The van der Waals surface area contributed by atoms with Gasteiger partial charge in [0.2, 0.25) is 0 Å². The molecule has 1 aliphatic rings. The topological polar surface area (TPSA) is 32.3 Å². The average molecular weight is 330 g/mol. The fraction of sp³-hybridized carbons (Fsp3) is 0.227. The van der Waals surface area contributed by atoms with E-state index in [2.05, 4.69) is 34.5 Å². The minimum Gasteiger partial charge on any atom is -0.322 e. The molecule has 3 aromatic rings. The van der Waals surface area contributed by atoms with Crippen LogP contribution >= 0.6 is 0 Å². The zero-order valence-electron chi connectivity index (χ0n) is 14.2. The van der Waals surface area contributed by atoms with Gasteiger partial charge in [-0.1, -0.05) is 42.5 Å². The van der Waals surface area contributed by atoms with Crippen LogP contribution in [-0.4, -0.2) is 23.9 Å². The van der Waals surface area contributed by atoms with Gasteiger partial charge < -0.3 is 5.32 Å². The number of carbonyl (C=O) groups excluding carboxylic acids is 1. The van der Waals surface area contributed by atoms with Gasteiger partial charge in [0.1, 0.15) is 0 Å². The molecule has 0 unspecified atom stereocenters. The molecule has 0 spiro atoms. The van der Waals surface area contributed by atoms with Gasteiger partial charge in [0, 0.05) is 17.8 Å². The lowest BCUT2D eigenvalue weighted by atomic mass is 10.1. The Balaban J connectivity index is 1.44. The van der Waals surface area contributed by atoms with Gasteiger partial charge in [-0.05, 0) is 66.5 Å². The summed E-state index contributed by atoms with van der Waals surface area (Å²) in [5, 5.41) is 5.29. The minimum atomic E-state index is -0.0667. The van der Waals surface area contributed by atoms with E-state index >= 15 is 0 Å². The summed E-state index contributed by atoms with van der Waals surface area (Å²) < 4.78 is 0. The number of fused-ring (bicyclic) bond motifs is 1. The van der Waals surface area contributed by atoms with E-state index in [0.29, 0.717) is 5.56 Å². The van der Waals surface area contributed by atoms with Crippen LogP contribution in [0.4, 0.5) is 5.69 Å². The highest BCUT2D eigenvalue weighted by molar-refractivity contribution is 6.05. The van der Waals surface area contributed by atoms with Crippen LogP contribution in [0.2, 0.25) is 0 Å². The maximum Gasteiger partial charge on any atom is 0.255 e. The van der Waals surface area contributed by atoms with Crippen molar-refractivity contribution in [3.8, 4) is 0 Å². The Hall–Kier alpha value is -2.65. The Kier molecular flexibility index (Phi) is 4.49. The van der Waals surface area contributed by atoms with Crippen LogP contribution in [0.5, 0.6) is 0 Å². The minimum absolute atomic E-state index is 0.0667. The van der Waals surface area contributed by atoms with Gasteiger partial charge in [0.25, 0.3) is 5.91 Å². The third-order valence-corrected chi connectivity index (χ3v) is 4.83. The molecule has 126 valence electrons. The number of hydrogen-bond acceptors (Lipinski definition) is 2. The number of hydrogen-bond donors (Lipinski definition) is 1. The third kappa shape index (κ3) is 3.72. The Morgan fingerprint density at radius 1 is 0.880 bits per heavy atom. The van der Waals surface area contributed by atoms with Crippen LogP contribution in [0.1, 0.15) is 28.8 Å². The van der Waals surface area contributed by atoms with Gasteiger partial charge in [-0.3, -0.25) is 9.69 Å². The zero-order valence-corrected chi connectivity index (χ0v) is 14.2. The quantitative estimate of drug-likeness (QED) is 0.753. The van der Waals surface area contributed by atoms with E-state index in [-0.39, 0.29) is 5.91 Å². The second-order valence-electron chi connectivity index (χ2n) is 6.70. The molecule has 1 N–H and O–H groups in total. The fourth-order valence-electron chi connectivity index (χ4n) is 3.43. The molecule has 0 saturated carbocycles. The molecule has 1 fully saturated rings. The number of likely N-dealkylation sites (tertiary alicyclic amines) is 1. The predicted octanol–water partition coefficient (Wildman–Crippen LogP) is 4.69. The maximum atomic E-state index is 12.5. The SMILES string of the molecule is O=C(Nc1ccc2ccccc2c1)c1ccc(CN2CCCC2)cc1. The summed E-state index contributed by atoms with van der Waals surface area (Å²) in [5.74, 6) is -0.0667. The summed E-state index contributed by atoms with van der Waals surface area (Å²) in [6.45, 7) is 3.35. The molecule has 25 heavy (non-hydrogen) atoms. The summed E-state index contributed by atoms with van der Waals surface area (Å²) in [6.07, 6.45) is 2.60. The Bertz CT molecular complexity index is 880. The molecule has 1 saturated heterocycles. The number of anilines is 1. The van der Waals surface area contributed by atoms with Crippen LogP contribution in [0, 0.1) is 0 Å². The molecule has 0 bridgehead atoms. The van der Waals surface area contributed by atoms with E-state index in [0.717, 1.165) is 17.6 Å². The van der Waals surface area contributed by atoms with Crippen LogP contribution in [0.25, 0.3) is 10.8 Å². The molecule has 3 aromatic carbocycles. The number of nitrogens with zero attached hydrogens (tertiary/aromatic N) is 1. The first-order chi connectivity index (χ1) is 12.3. The van der Waals surface area contributed by atoms with Crippen molar-refractivity contribution < 1.29 is 4.79 Å². The number of rotatable bonds is 4. The number of amides is 1. The number of carbonyl (C=O) groups is 1. The van der Waals surface area contributed by atoms with Gasteiger partial charge >= 0.3 is 0 Å². The summed E-state index contributed by atoms with van der Waals surface area (Å²) >= 11 is 0. The molecule has 1 heterocycles. The second-order valence-corrected chi connectivity index (χ2v) is 6.70. The van der Waals surface area contributed by atoms with Crippen LogP contribution in [0.3, 0.4) is 0 Å².